The second-order valence-corrected chi connectivity index (χ2v) is 4.49. The molecule has 0 atom stereocenters. The molecule has 3 aliphatic rings. The van der Waals surface area contributed by atoms with Gasteiger partial charge in [0, 0.05) is 0 Å². The predicted octanol–water partition coefficient (Wildman–Crippen LogP) is 5.26. The molecule has 0 unspecified atom stereocenters. The summed E-state index contributed by atoms with van der Waals surface area (Å²) in [5.74, 6) is 0. The topological polar surface area (TPSA) is 0 Å². The van der Waals surface area contributed by atoms with Crippen LogP contribution in [0.15, 0.2) is 78.9 Å². The molecule has 1 aromatic rings. The van der Waals surface area contributed by atoms with Crippen LogP contribution in [0, 0.1) is 0 Å². The summed E-state index contributed by atoms with van der Waals surface area (Å²) in [7, 11) is 0. The highest BCUT2D eigenvalue weighted by Crippen LogP contribution is 2.17. The molecule has 0 saturated carbocycles. The molecule has 0 radical (unpaired) electrons. The normalized spacial score (nSPS) is 15.8. The van der Waals surface area contributed by atoms with Gasteiger partial charge >= 0.3 is 0 Å². The van der Waals surface area contributed by atoms with Crippen molar-refractivity contribution in [3.8, 4) is 0 Å². The van der Waals surface area contributed by atoms with E-state index in [-0.39, 0.29) is 0 Å². The molecule has 0 aliphatic heterocycles. The summed E-state index contributed by atoms with van der Waals surface area (Å²) in [5.41, 5.74) is 2.84. The Morgan fingerprint density at radius 2 is 1.21 bits per heavy atom. The van der Waals surface area contributed by atoms with Crippen molar-refractivity contribution in [2.75, 3.05) is 0 Å². The zero-order valence-electron chi connectivity index (χ0n) is 11.2. The monoisotopic (exact) mass is 248 g/mol. The van der Waals surface area contributed by atoms with Gasteiger partial charge in [0.2, 0.25) is 0 Å². The van der Waals surface area contributed by atoms with Crippen molar-refractivity contribution in [2.24, 2.45) is 0 Å². The molecule has 0 nitrogen and oxygen atoms in total. The van der Waals surface area contributed by atoms with Crippen molar-refractivity contribution < 1.29 is 0 Å². The van der Waals surface area contributed by atoms with Crippen molar-refractivity contribution in [1.29, 1.82) is 0 Å². The number of rotatable bonds is 0. The van der Waals surface area contributed by atoms with E-state index in [0.29, 0.717) is 0 Å². The van der Waals surface area contributed by atoms with E-state index < -0.39 is 0 Å². The molecule has 96 valence electrons. The summed E-state index contributed by atoms with van der Waals surface area (Å²) in [5, 5.41) is 0. The average Bonchev–Trinajstić information content (AvgIpc) is 3.22. The molecule has 0 heterocycles. The first kappa shape index (κ1) is 13.4. The largest absolute Gasteiger partial charge is 0.0808 e. The van der Waals surface area contributed by atoms with Gasteiger partial charge in [-0.15, -0.1) is 0 Å². The second-order valence-electron chi connectivity index (χ2n) is 4.49. The van der Waals surface area contributed by atoms with Gasteiger partial charge in [-0.1, -0.05) is 85.0 Å². The van der Waals surface area contributed by atoms with E-state index in [0.717, 1.165) is 19.3 Å². The minimum Gasteiger partial charge on any atom is -0.0808 e. The molecule has 0 fully saturated rings. The highest BCUT2D eigenvalue weighted by Gasteiger charge is 2.00. The van der Waals surface area contributed by atoms with Gasteiger partial charge in [-0.2, -0.15) is 0 Å². The average molecular weight is 248 g/mol. The molecular weight excluding hydrogens is 228 g/mol. The third-order valence-corrected chi connectivity index (χ3v) is 3.00. The predicted molar refractivity (Wildman–Crippen MR) is 85.0 cm³/mol. The maximum absolute atomic E-state index is 2.20. The highest BCUT2D eigenvalue weighted by molar-refractivity contribution is 5.59. The number of hydrogen-bond donors (Lipinski definition) is 0. The Kier molecular flexibility index (Phi) is 5.69. The lowest BCUT2D eigenvalue weighted by Crippen LogP contribution is -1.76. The molecule has 0 amide bonds. The quantitative estimate of drug-likeness (QED) is 0.587. The number of fused-ring (bicyclic) bond motifs is 1. The molecular formula is C19H20. The lowest BCUT2D eigenvalue weighted by molar-refractivity contribution is 1.31. The van der Waals surface area contributed by atoms with Crippen molar-refractivity contribution in [2.45, 2.75) is 19.3 Å². The van der Waals surface area contributed by atoms with Crippen LogP contribution in [0.3, 0.4) is 0 Å². The summed E-state index contributed by atoms with van der Waals surface area (Å²) in [6.07, 6.45) is 24.5. The first-order chi connectivity index (χ1) is 9.47. The van der Waals surface area contributed by atoms with Gasteiger partial charge in [0.15, 0.2) is 0 Å². The van der Waals surface area contributed by atoms with Crippen LogP contribution >= 0.6 is 0 Å². The Morgan fingerprint density at radius 1 is 0.632 bits per heavy atom. The summed E-state index contributed by atoms with van der Waals surface area (Å²) < 4.78 is 0. The Labute approximate surface area is 116 Å². The Balaban J connectivity index is 0.000000114. The van der Waals surface area contributed by atoms with E-state index in [1.807, 2.05) is 0 Å². The van der Waals surface area contributed by atoms with E-state index in [2.05, 4.69) is 85.0 Å². The van der Waals surface area contributed by atoms with Crippen molar-refractivity contribution in [1.82, 2.24) is 0 Å². The minimum absolute atomic E-state index is 1.12. The Bertz CT molecular complexity index is 483. The summed E-state index contributed by atoms with van der Waals surface area (Å²) in [6.45, 7) is 0. The second kappa shape index (κ2) is 8.10. The van der Waals surface area contributed by atoms with E-state index in [1.165, 1.54) is 11.1 Å². The van der Waals surface area contributed by atoms with Crippen LogP contribution in [0.1, 0.15) is 24.0 Å². The van der Waals surface area contributed by atoms with Gasteiger partial charge in [0.05, 0.1) is 0 Å². The van der Waals surface area contributed by atoms with E-state index in [9.17, 15) is 0 Å². The van der Waals surface area contributed by atoms with E-state index in [1.54, 1.807) is 0 Å². The van der Waals surface area contributed by atoms with Crippen molar-refractivity contribution in [3.05, 3.63) is 90.1 Å². The van der Waals surface area contributed by atoms with Crippen LogP contribution in [0.25, 0.3) is 6.08 Å². The lowest BCUT2D eigenvalue weighted by Gasteiger charge is -1.93. The molecule has 3 aliphatic carbocycles. The number of allylic oxidation sites excluding steroid dienone is 9. The van der Waals surface area contributed by atoms with Crippen LogP contribution in [0.2, 0.25) is 0 Å². The highest BCUT2D eigenvalue weighted by atomic mass is 14.0. The van der Waals surface area contributed by atoms with Crippen LogP contribution in [0.4, 0.5) is 0 Å². The minimum atomic E-state index is 1.12. The number of hydrogen-bond acceptors (Lipinski definition) is 0. The van der Waals surface area contributed by atoms with Gasteiger partial charge in [0.1, 0.15) is 0 Å². The zero-order valence-corrected chi connectivity index (χ0v) is 11.2. The van der Waals surface area contributed by atoms with E-state index >= 15 is 0 Å². The van der Waals surface area contributed by atoms with Crippen LogP contribution in [0.5, 0.6) is 0 Å². The standard InChI is InChI=1S/C9H8.2C5H6/c1-2-5-9-7-3-6-8(9)4-1;2*1-2-4-5-3-1/h1-6H,7H2;2*1-4H,5H2. The first-order valence-electron chi connectivity index (χ1n) is 6.84. The molecule has 0 bridgehead atoms. The summed E-state index contributed by atoms with van der Waals surface area (Å²) >= 11 is 0. The maximum atomic E-state index is 2.20. The van der Waals surface area contributed by atoms with Gasteiger partial charge in [0.25, 0.3) is 0 Å². The fraction of sp³-hybridized carbons (Fsp3) is 0.158. The third kappa shape index (κ3) is 4.97. The third-order valence-electron chi connectivity index (χ3n) is 3.00. The fourth-order valence-corrected chi connectivity index (χ4v) is 1.98. The fourth-order valence-electron chi connectivity index (χ4n) is 1.98. The zero-order chi connectivity index (χ0) is 13.2. The van der Waals surface area contributed by atoms with Gasteiger partial charge in [-0.3, -0.25) is 0 Å². The smallest absolute Gasteiger partial charge is 0.00882 e. The Hall–Kier alpha value is -2.08. The van der Waals surface area contributed by atoms with Crippen LogP contribution in [-0.2, 0) is 6.42 Å². The molecule has 1 aromatic carbocycles. The molecule has 19 heavy (non-hydrogen) atoms. The summed E-state index contributed by atoms with van der Waals surface area (Å²) in [4.78, 5) is 0. The van der Waals surface area contributed by atoms with Crippen molar-refractivity contribution in [3.63, 3.8) is 0 Å². The first-order valence-corrected chi connectivity index (χ1v) is 6.84. The molecule has 0 aromatic heterocycles. The van der Waals surface area contributed by atoms with Gasteiger partial charge in [-0.25, -0.2) is 0 Å². The molecule has 0 heteroatoms. The van der Waals surface area contributed by atoms with Crippen LogP contribution < -0.4 is 0 Å². The molecule has 0 spiro atoms. The Morgan fingerprint density at radius 3 is 1.68 bits per heavy atom. The summed E-state index contributed by atoms with van der Waals surface area (Å²) in [6, 6.07) is 8.49. The number of benzene rings is 1. The van der Waals surface area contributed by atoms with Crippen molar-refractivity contribution >= 4 is 6.08 Å². The van der Waals surface area contributed by atoms with Gasteiger partial charge < -0.3 is 0 Å². The lowest BCUT2D eigenvalue weighted by atomic mass is 10.1. The maximum Gasteiger partial charge on any atom is -0.00882 e. The van der Waals surface area contributed by atoms with E-state index in [4.69, 9.17) is 0 Å². The van der Waals surface area contributed by atoms with Gasteiger partial charge in [-0.05, 0) is 30.4 Å². The molecule has 4 rings (SSSR count). The molecule has 0 N–H and O–H groups in total. The molecule has 0 saturated heterocycles. The van der Waals surface area contributed by atoms with Crippen LogP contribution in [-0.4, -0.2) is 0 Å². The SMILES string of the molecule is C1=CCC=C1.C1=CCC=C1.C1=Cc2ccccc2C1.